The molecule has 0 heterocycles. The van der Waals surface area contributed by atoms with Gasteiger partial charge in [0.25, 0.3) is 0 Å². The average Bonchev–Trinajstić information content (AvgIpc) is 1.76. The minimum absolute atomic E-state index is 0. The van der Waals surface area contributed by atoms with Crippen molar-refractivity contribution in [3.8, 4) is 0 Å². The van der Waals surface area contributed by atoms with E-state index >= 15 is 0 Å². The van der Waals surface area contributed by atoms with Crippen LogP contribution in [0.2, 0.25) is 0 Å². The van der Waals surface area contributed by atoms with E-state index in [2.05, 4.69) is 0 Å². The van der Waals surface area contributed by atoms with Gasteiger partial charge in [0, 0.05) is 21.1 Å². The summed E-state index contributed by atoms with van der Waals surface area (Å²) >= 11 is 0. The van der Waals surface area contributed by atoms with Gasteiger partial charge in [-0.3, -0.25) is 0 Å². The van der Waals surface area contributed by atoms with Gasteiger partial charge in [0.2, 0.25) is 0 Å². The van der Waals surface area contributed by atoms with E-state index in [1.54, 1.807) is 0 Å². The van der Waals surface area contributed by atoms with Crippen LogP contribution in [0, 0.1) is 59.4 Å². The van der Waals surface area contributed by atoms with Crippen LogP contribution in [-0.4, -0.2) is 0 Å². The molecule has 0 aromatic heterocycles. The largest absolute Gasteiger partial charge is 0.358 e. The third kappa shape index (κ3) is 57.8. The molecular formula is C13H29W-9. The van der Waals surface area contributed by atoms with E-state index in [4.69, 9.17) is 0 Å². The van der Waals surface area contributed by atoms with Crippen molar-refractivity contribution in [2.45, 2.75) is 0 Å². The Bertz CT molecular complexity index is 61.7. The van der Waals surface area contributed by atoms with Crippen LogP contribution in [0.1, 0.15) is 0 Å². The first-order chi connectivity index (χ1) is 2.50. The third-order valence-corrected chi connectivity index (χ3v) is 0.556. The fourth-order valence-corrected chi connectivity index (χ4v) is 0.321. The Balaban J connectivity index is -0.00000000397. The molecule has 0 amide bonds. The van der Waals surface area contributed by atoms with Crippen LogP contribution in [-0.2, 0) is 21.1 Å². The normalized spacial score (nSPS) is 2.86. The number of hydrogen-bond donors (Lipinski definition) is 0. The summed E-state index contributed by atoms with van der Waals surface area (Å²) in [4.78, 5) is 0. The van der Waals surface area contributed by atoms with E-state index in [1.165, 1.54) is 0 Å². The molecule has 0 spiro atoms. The predicted octanol–water partition coefficient (Wildman–Crippen LogP) is 5.01. The first-order valence-corrected chi connectivity index (χ1v) is 1.67. The van der Waals surface area contributed by atoms with Crippen molar-refractivity contribution < 1.29 is 21.1 Å². The van der Waals surface area contributed by atoms with Crippen molar-refractivity contribution in [1.29, 1.82) is 0 Å². The molecule has 1 aromatic carbocycles. The molecular weight excluding hydrogens is 340 g/mol. The van der Waals surface area contributed by atoms with Crippen molar-refractivity contribution in [2.75, 3.05) is 0 Å². The quantitative estimate of drug-likeness (QED) is 0.565. The molecule has 0 aliphatic carbocycles. The van der Waals surface area contributed by atoms with E-state index < -0.39 is 0 Å². The molecule has 0 saturated heterocycles. The van der Waals surface area contributed by atoms with Gasteiger partial charge in [0.15, 0.2) is 0 Å². The van der Waals surface area contributed by atoms with Gasteiger partial charge in [0.05, 0.1) is 0 Å². The fourth-order valence-electron chi connectivity index (χ4n) is 0.321. The SMILES string of the molecule is [CH3-].[CH3-].[CH3-].[CH3-].[CH3-].[CH3-].[CH3-].[CH3-].[W].c1cc[cH-]c1. The van der Waals surface area contributed by atoms with Crippen molar-refractivity contribution >= 4 is 0 Å². The van der Waals surface area contributed by atoms with Gasteiger partial charge in [-0.2, -0.15) is 18.2 Å². The van der Waals surface area contributed by atoms with Crippen LogP contribution in [0.3, 0.4) is 0 Å². The monoisotopic (exact) mass is 369 g/mol. The smallest absolute Gasteiger partial charge is 0 e. The molecule has 0 saturated carbocycles. The maximum absolute atomic E-state index is 2.00. The summed E-state index contributed by atoms with van der Waals surface area (Å²) in [6.45, 7) is 0. The number of hydrogen-bond acceptors (Lipinski definition) is 0. The van der Waals surface area contributed by atoms with Crippen LogP contribution in [0.15, 0.2) is 30.3 Å². The molecule has 1 aromatic rings. The minimum atomic E-state index is 0. The van der Waals surface area contributed by atoms with Crippen LogP contribution in [0.4, 0.5) is 0 Å². The molecule has 0 aliphatic heterocycles. The molecule has 1 rings (SSSR count). The van der Waals surface area contributed by atoms with Crippen LogP contribution in [0.25, 0.3) is 0 Å². The molecule has 0 unspecified atom stereocenters. The van der Waals surface area contributed by atoms with Gasteiger partial charge >= 0.3 is 0 Å². The summed E-state index contributed by atoms with van der Waals surface area (Å²) in [5, 5.41) is 0. The maximum atomic E-state index is 2.00. The van der Waals surface area contributed by atoms with Gasteiger partial charge < -0.3 is 59.4 Å². The Kier molecular flexibility index (Phi) is 500. The molecule has 0 radical (unpaired) electrons. The summed E-state index contributed by atoms with van der Waals surface area (Å²) in [5.41, 5.74) is 0. The van der Waals surface area contributed by atoms with Gasteiger partial charge in [0.1, 0.15) is 0 Å². The summed E-state index contributed by atoms with van der Waals surface area (Å²) < 4.78 is 0. The Morgan fingerprint density at radius 2 is 0.714 bits per heavy atom. The Morgan fingerprint density at radius 1 is 0.500 bits per heavy atom. The van der Waals surface area contributed by atoms with E-state index in [1.807, 2.05) is 30.3 Å². The van der Waals surface area contributed by atoms with Gasteiger partial charge in [-0.1, -0.05) is 0 Å². The molecule has 1 heteroatoms. The predicted molar refractivity (Wildman–Crippen MR) is 73.3 cm³/mol. The van der Waals surface area contributed by atoms with Crippen LogP contribution in [0.5, 0.6) is 0 Å². The molecule has 0 nitrogen and oxygen atoms in total. The molecule has 14 heavy (non-hydrogen) atoms. The molecule has 0 N–H and O–H groups in total. The van der Waals surface area contributed by atoms with Crippen LogP contribution < -0.4 is 0 Å². The summed E-state index contributed by atoms with van der Waals surface area (Å²) in [6.07, 6.45) is 0. The zero-order valence-corrected chi connectivity index (χ0v) is 14.2. The van der Waals surface area contributed by atoms with E-state index in [-0.39, 0.29) is 80.5 Å². The average molecular weight is 369 g/mol. The summed E-state index contributed by atoms with van der Waals surface area (Å²) in [5.74, 6) is 0. The zero-order chi connectivity index (χ0) is 3.54. The van der Waals surface area contributed by atoms with Gasteiger partial charge in [-0.05, 0) is 0 Å². The van der Waals surface area contributed by atoms with Gasteiger partial charge in [-0.25, -0.2) is 12.1 Å². The standard InChI is InChI=1S/C5H5.8CH3.W/c1-2-4-5-3-1;;;;;;;;;/h1-5H;8*1H3;/q9*-1;. The second-order valence-electron chi connectivity index (χ2n) is 0.962. The Labute approximate surface area is 111 Å². The van der Waals surface area contributed by atoms with Crippen molar-refractivity contribution in [1.82, 2.24) is 0 Å². The maximum Gasteiger partial charge on any atom is 0 e. The second-order valence-corrected chi connectivity index (χ2v) is 0.962. The van der Waals surface area contributed by atoms with Crippen LogP contribution >= 0.6 is 0 Å². The minimum Gasteiger partial charge on any atom is -0.358 e. The topological polar surface area (TPSA) is 0 Å². The molecule has 0 aliphatic rings. The molecule has 0 fully saturated rings. The van der Waals surface area contributed by atoms with Crippen molar-refractivity contribution in [3.63, 3.8) is 0 Å². The van der Waals surface area contributed by atoms with E-state index in [0.717, 1.165) is 0 Å². The first kappa shape index (κ1) is 94.0. The number of rotatable bonds is 0. The molecule has 0 atom stereocenters. The zero-order valence-electron chi connectivity index (χ0n) is 11.3. The van der Waals surface area contributed by atoms with E-state index in [9.17, 15) is 0 Å². The summed E-state index contributed by atoms with van der Waals surface area (Å²) in [6, 6.07) is 10.0. The second kappa shape index (κ2) is 74.4. The van der Waals surface area contributed by atoms with Crippen molar-refractivity contribution in [2.24, 2.45) is 0 Å². The summed E-state index contributed by atoms with van der Waals surface area (Å²) in [7, 11) is 0. The molecule has 96 valence electrons. The third-order valence-electron chi connectivity index (χ3n) is 0.556. The van der Waals surface area contributed by atoms with Gasteiger partial charge in [-0.15, -0.1) is 0 Å². The Hall–Kier alpha value is 0.0383. The van der Waals surface area contributed by atoms with E-state index in [0.29, 0.717) is 0 Å². The fraction of sp³-hybridized carbons (Fsp3) is 0. The van der Waals surface area contributed by atoms with Crippen molar-refractivity contribution in [3.05, 3.63) is 89.7 Å². The first-order valence-electron chi connectivity index (χ1n) is 1.67. The molecule has 0 bridgehead atoms. The Morgan fingerprint density at radius 3 is 0.786 bits per heavy atom.